The van der Waals surface area contributed by atoms with Crippen molar-refractivity contribution < 1.29 is 0 Å². The molecule has 0 bridgehead atoms. The summed E-state index contributed by atoms with van der Waals surface area (Å²) in [6.45, 7) is 20.7. The first kappa shape index (κ1) is 24.3. The molecule has 0 amide bonds. The molecule has 5 rings (SSSR count). The second kappa shape index (κ2) is 9.94. The molecule has 0 radical (unpaired) electrons. The van der Waals surface area contributed by atoms with Gasteiger partial charge in [-0.2, -0.15) is 0 Å². The van der Waals surface area contributed by atoms with Crippen LogP contribution in [0.3, 0.4) is 0 Å². The van der Waals surface area contributed by atoms with Crippen LogP contribution in [0, 0.1) is 11.8 Å². The van der Waals surface area contributed by atoms with Gasteiger partial charge in [-0.1, -0.05) is 124 Å². The van der Waals surface area contributed by atoms with E-state index in [0.717, 1.165) is 25.7 Å². The van der Waals surface area contributed by atoms with Crippen molar-refractivity contribution in [3.05, 3.63) is 142 Å². The Kier molecular flexibility index (Phi) is 6.71. The van der Waals surface area contributed by atoms with Crippen molar-refractivity contribution in [2.45, 2.75) is 52.4 Å². The fourth-order valence-corrected chi connectivity index (χ4v) is 6.79. The van der Waals surface area contributed by atoms with E-state index in [4.69, 9.17) is 6.58 Å². The van der Waals surface area contributed by atoms with Gasteiger partial charge in [0.25, 0.3) is 0 Å². The number of rotatable bonds is 6. The average molecular weight is 471 g/mol. The summed E-state index contributed by atoms with van der Waals surface area (Å²) < 4.78 is 0. The maximum absolute atomic E-state index is 4.77. The molecule has 0 aromatic heterocycles. The molecule has 2 aromatic carbocycles. The van der Waals surface area contributed by atoms with Crippen molar-refractivity contribution >= 4 is 11.6 Å². The topological polar surface area (TPSA) is 0 Å². The number of hydrogen-bond acceptors (Lipinski definition) is 0. The second-order valence-electron chi connectivity index (χ2n) is 10.6. The lowest BCUT2D eigenvalue weighted by Crippen LogP contribution is -2.21. The molecule has 0 aliphatic heterocycles. The highest BCUT2D eigenvalue weighted by atomic mass is 14.5. The van der Waals surface area contributed by atoms with Crippen LogP contribution in [0.2, 0.25) is 0 Å². The third kappa shape index (κ3) is 4.03. The first-order valence-electron chi connectivity index (χ1n) is 13.5. The Labute approximate surface area is 217 Å². The molecule has 182 valence electrons. The molecule has 3 unspecified atom stereocenters. The molecular formula is C36H38. The lowest BCUT2D eigenvalue weighted by Gasteiger charge is -2.32. The minimum absolute atomic E-state index is 0.252. The van der Waals surface area contributed by atoms with E-state index >= 15 is 0 Å². The summed E-state index contributed by atoms with van der Waals surface area (Å²) in [5, 5.41) is 0. The zero-order valence-electron chi connectivity index (χ0n) is 22.1. The van der Waals surface area contributed by atoms with Crippen molar-refractivity contribution in [1.82, 2.24) is 0 Å². The van der Waals surface area contributed by atoms with Crippen molar-refractivity contribution in [1.29, 1.82) is 0 Å². The van der Waals surface area contributed by atoms with E-state index < -0.39 is 0 Å². The molecule has 0 heteroatoms. The molecule has 0 nitrogen and oxygen atoms in total. The van der Waals surface area contributed by atoms with Crippen LogP contribution in [0.5, 0.6) is 0 Å². The van der Waals surface area contributed by atoms with Gasteiger partial charge in [-0.15, -0.1) is 0 Å². The molecule has 0 N–H and O–H groups in total. The fraction of sp³-hybridized carbons (Fsp3) is 0.278. The quantitative estimate of drug-likeness (QED) is 0.394. The standard InChI is InChI=1S/C36H38/c1-7-14-23(3)34-24(4)21-28-22-33(36-25(5)29(8-2)30-17-12-13-18-31(30)36)26(6)35(28)32(34)20-19-27-15-10-9-11-16-27/h9-13,15-21,29,32,35H,3,5-8,14,22H2,1-2,4H3/b20-19+,36-33-. The molecule has 3 atom stereocenters. The lowest BCUT2D eigenvalue weighted by atomic mass is 9.71. The third-order valence-electron chi connectivity index (χ3n) is 8.35. The van der Waals surface area contributed by atoms with Gasteiger partial charge in [0.15, 0.2) is 0 Å². The molecule has 1 fully saturated rings. The van der Waals surface area contributed by atoms with Gasteiger partial charge in [-0.25, -0.2) is 0 Å². The van der Waals surface area contributed by atoms with Crippen LogP contribution in [0.4, 0.5) is 0 Å². The monoisotopic (exact) mass is 470 g/mol. The van der Waals surface area contributed by atoms with Gasteiger partial charge in [-0.3, -0.25) is 0 Å². The number of allylic oxidation sites excluding steroid dienone is 10. The number of fused-ring (bicyclic) bond motifs is 2. The SMILES string of the molecule is C=C(CCC)C1=C(C)C=C2C/C(=C3\C(=C)C(CC)c4ccccc43)C(=C)C2C1/C=C/c1ccccc1. The molecule has 3 aliphatic carbocycles. The number of hydrogen-bond donors (Lipinski definition) is 0. The van der Waals surface area contributed by atoms with E-state index in [1.807, 2.05) is 0 Å². The summed E-state index contributed by atoms with van der Waals surface area (Å²) in [5.74, 6) is 0.934. The van der Waals surface area contributed by atoms with E-state index in [1.165, 1.54) is 61.3 Å². The fourth-order valence-electron chi connectivity index (χ4n) is 6.79. The summed E-state index contributed by atoms with van der Waals surface area (Å²) in [4.78, 5) is 0. The smallest absolute Gasteiger partial charge is 0.0156 e. The van der Waals surface area contributed by atoms with Gasteiger partial charge in [0.05, 0.1) is 0 Å². The first-order chi connectivity index (χ1) is 17.5. The van der Waals surface area contributed by atoms with Gasteiger partial charge in [0, 0.05) is 17.8 Å². The molecule has 0 heterocycles. The van der Waals surface area contributed by atoms with Crippen LogP contribution >= 0.6 is 0 Å². The molecule has 0 spiro atoms. The Hall–Kier alpha value is -3.38. The predicted molar refractivity (Wildman–Crippen MR) is 157 cm³/mol. The van der Waals surface area contributed by atoms with Crippen LogP contribution in [-0.2, 0) is 0 Å². The highest BCUT2D eigenvalue weighted by molar-refractivity contribution is 5.92. The second-order valence-corrected chi connectivity index (χ2v) is 10.6. The summed E-state index contributed by atoms with van der Waals surface area (Å²) >= 11 is 0. The van der Waals surface area contributed by atoms with Crippen LogP contribution in [0.1, 0.15) is 69.1 Å². The Balaban J connectivity index is 1.62. The first-order valence-corrected chi connectivity index (χ1v) is 13.5. The van der Waals surface area contributed by atoms with E-state index in [-0.39, 0.29) is 11.8 Å². The van der Waals surface area contributed by atoms with E-state index in [9.17, 15) is 0 Å². The normalized spacial score (nSPS) is 25.4. The third-order valence-corrected chi connectivity index (χ3v) is 8.35. The van der Waals surface area contributed by atoms with Gasteiger partial charge < -0.3 is 0 Å². The summed E-state index contributed by atoms with van der Waals surface area (Å²) in [6, 6.07) is 19.5. The summed E-state index contributed by atoms with van der Waals surface area (Å²) in [5.41, 5.74) is 14.8. The number of benzene rings is 2. The minimum atomic E-state index is 0.252. The zero-order chi connectivity index (χ0) is 25.4. The molecule has 0 saturated heterocycles. The van der Waals surface area contributed by atoms with E-state index in [0.29, 0.717) is 5.92 Å². The van der Waals surface area contributed by atoms with Crippen molar-refractivity contribution in [3.8, 4) is 0 Å². The van der Waals surface area contributed by atoms with Crippen molar-refractivity contribution in [2.24, 2.45) is 11.8 Å². The van der Waals surface area contributed by atoms with Gasteiger partial charge in [0.2, 0.25) is 0 Å². The predicted octanol–water partition coefficient (Wildman–Crippen LogP) is 10.0. The van der Waals surface area contributed by atoms with E-state index in [2.05, 4.69) is 107 Å². The van der Waals surface area contributed by atoms with Crippen LogP contribution in [0.25, 0.3) is 11.6 Å². The van der Waals surface area contributed by atoms with E-state index in [1.54, 1.807) is 0 Å². The maximum atomic E-state index is 4.77. The molecule has 2 aromatic rings. The van der Waals surface area contributed by atoms with Gasteiger partial charge in [-0.05, 0) is 76.3 Å². The lowest BCUT2D eigenvalue weighted by molar-refractivity contribution is 0.591. The Morgan fingerprint density at radius 3 is 2.42 bits per heavy atom. The van der Waals surface area contributed by atoms with Crippen LogP contribution in [-0.4, -0.2) is 0 Å². The zero-order valence-corrected chi connectivity index (χ0v) is 22.1. The highest BCUT2D eigenvalue weighted by Crippen LogP contribution is 2.57. The molecule has 3 aliphatic rings. The summed E-state index contributed by atoms with van der Waals surface area (Å²) in [7, 11) is 0. The minimum Gasteiger partial charge on any atom is -0.0955 e. The average Bonchev–Trinajstić information content (AvgIpc) is 3.34. The summed E-state index contributed by atoms with van der Waals surface area (Å²) in [6.07, 6.45) is 11.3. The van der Waals surface area contributed by atoms with Gasteiger partial charge >= 0.3 is 0 Å². The van der Waals surface area contributed by atoms with Crippen LogP contribution < -0.4 is 0 Å². The Morgan fingerprint density at radius 2 is 1.69 bits per heavy atom. The molecule has 36 heavy (non-hydrogen) atoms. The largest absolute Gasteiger partial charge is 0.0955 e. The highest BCUT2D eigenvalue weighted by Gasteiger charge is 2.42. The Morgan fingerprint density at radius 1 is 0.972 bits per heavy atom. The molecular weight excluding hydrogens is 432 g/mol. The van der Waals surface area contributed by atoms with Crippen molar-refractivity contribution in [2.75, 3.05) is 0 Å². The maximum Gasteiger partial charge on any atom is 0.0156 e. The molecule has 1 saturated carbocycles. The van der Waals surface area contributed by atoms with Crippen molar-refractivity contribution in [3.63, 3.8) is 0 Å². The van der Waals surface area contributed by atoms with Gasteiger partial charge in [0.1, 0.15) is 0 Å². The Bertz CT molecular complexity index is 1350. The van der Waals surface area contributed by atoms with Crippen LogP contribution in [0.15, 0.2) is 125 Å².